The van der Waals surface area contributed by atoms with Gasteiger partial charge in [-0.25, -0.2) is 4.98 Å². The van der Waals surface area contributed by atoms with E-state index >= 15 is 0 Å². The van der Waals surface area contributed by atoms with E-state index in [0.717, 1.165) is 21.7 Å². The summed E-state index contributed by atoms with van der Waals surface area (Å²) >= 11 is 1.47. The summed E-state index contributed by atoms with van der Waals surface area (Å²) in [5.41, 5.74) is 5.56. The van der Waals surface area contributed by atoms with Gasteiger partial charge >= 0.3 is 0 Å². The van der Waals surface area contributed by atoms with Gasteiger partial charge in [-0.15, -0.1) is 11.3 Å². The first-order chi connectivity index (χ1) is 13.5. The number of nitrogens with one attached hydrogen (secondary N) is 2. The van der Waals surface area contributed by atoms with Crippen LogP contribution in [0.2, 0.25) is 0 Å². The molecule has 1 fully saturated rings. The average molecular weight is 391 g/mol. The predicted octanol–water partition coefficient (Wildman–Crippen LogP) is 4.28. The van der Waals surface area contributed by atoms with Gasteiger partial charge < -0.3 is 10.6 Å². The molecule has 0 spiro atoms. The van der Waals surface area contributed by atoms with Gasteiger partial charge in [-0.2, -0.15) is 0 Å². The van der Waals surface area contributed by atoms with Crippen LogP contribution in [0.1, 0.15) is 39.5 Å². The molecule has 1 aromatic heterocycles. The van der Waals surface area contributed by atoms with Gasteiger partial charge in [-0.05, 0) is 37.1 Å². The molecule has 4 rings (SSSR count). The SMILES string of the molecule is Cc1ccc(-c2nc(C(=O)Nc3cccc([C@H]4CNC(=O)C4)c3)cs2)c(C)c1. The van der Waals surface area contributed by atoms with Crippen molar-refractivity contribution in [2.75, 3.05) is 11.9 Å². The average Bonchev–Trinajstić information content (AvgIpc) is 3.31. The second kappa shape index (κ2) is 7.56. The van der Waals surface area contributed by atoms with E-state index in [1.807, 2.05) is 30.3 Å². The van der Waals surface area contributed by atoms with Gasteiger partial charge in [-0.3, -0.25) is 9.59 Å². The van der Waals surface area contributed by atoms with Crippen LogP contribution in [-0.4, -0.2) is 23.3 Å². The number of anilines is 1. The Hall–Kier alpha value is -2.99. The van der Waals surface area contributed by atoms with Crippen molar-refractivity contribution >= 4 is 28.8 Å². The van der Waals surface area contributed by atoms with Crippen molar-refractivity contribution in [3.05, 3.63) is 70.2 Å². The molecule has 2 heterocycles. The van der Waals surface area contributed by atoms with Gasteiger partial charge in [0.05, 0.1) is 0 Å². The van der Waals surface area contributed by atoms with Gasteiger partial charge in [0.1, 0.15) is 10.7 Å². The minimum Gasteiger partial charge on any atom is -0.355 e. The fourth-order valence-corrected chi connectivity index (χ4v) is 4.35. The molecule has 2 aromatic carbocycles. The van der Waals surface area contributed by atoms with Crippen molar-refractivity contribution in [1.29, 1.82) is 0 Å². The van der Waals surface area contributed by atoms with Gasteiger partial charge in [0.2, 0.25) is 5.91 Å². The molecule has 142 valence electrons. The van der Waals surface area contributed by atoms with E-state index in [9.17, 15) is 9.59 Å². The number of aromatic nitrogens is 1. The first kappa shape index (κ1) is 18.4. The number of carbonyl (C=O) groups is 2. The van der Waals surface area contributed by atoms with E-state index in [2.05, 4.69) is 41.6 Å². The van der Waals surface area contributed by atoms with E-state index < -0.39 is 0 Å². The highest BCUT2D eigenvalue weighted by molar-refractivity contribution is 7.13. The number of amides is 2. The van der Waals surface area contributed by atoms with Crippen molar-refractivity contribution in [2.24, 2.45) is 0 Å². The number of hydrogen-bond donors (Lipinski definition) is 2. The zero-order valence-corrected chi connectivity index (χ0v) is 16.6. The molecular formula is C22H21N3O2S. The summed E-state index contributed by atoms with van der Waals surface area (Å²) in [4.78, 5) is 28.6. The summed E-state index contributed by atoms with van der Waals surface area (Å²) < 4.78 is 0. The third-order valence-corrected chi connectivity index (χ3v) is 5.82. The Bertz CT molecular complexity index is 1060. The molecule has 3 aromatic rings. The summed E-state index contributed by atoms with van der Waals surface area (Å²) in [5, 5.41) is 8.39. The van der Waals surface area contributed by atoms with Crippen LogP contribution in [0.15, 0.2) is 47.8 Å². The molecule has 2 N–H and O–H groups in total. The molecule has 0 bridgehead atoms. The largest absolute Gasteiger partial charge is 0.355 e. The van der Waals surface area contributed by atoms with Crippen LogP contribution in [-0.2, 0) is 4.79 Å². The van der Waals surface area contributed by atoms with Crippen LogP contribution in [0.25, 0.3) is 10.6 Å². The first-order valence-corrected chi connectivity index (χ1v) is 10.1. The predicted molar refractivity (Wildman–Crippen MR) is 112 cm³/mol. The minimum atomic E-state index is -0.231. The number of thiazole rings is 1. The van der Waals surface area contributed by atoms with Crippen molar-refractivity contribution in [2.45, 2.75) is 26.2 Å². The number of carbonyl (C=O) groups excluding carboxylic acids is 2. The minimum absolute atomic E-state index is 0.0702. The summed E-state index contributed by atoms with van der Waals surface area (Å²) in [6, 6.07) is 13.9. The zero-order chi connectivity index (χ0) is 19.7. The summed E-state index contributed by atoms with van der Waals surface area (Å²) in [5.74, 6) is -0.00869. The van der Waals surface area contributed by atoms with Crippen molar-refractivity contribution in [1.82, 2.24) is 10.3 Å². The maximum absolute atomic E-state index is 12.6. The van der Waals surface area contributed by atoms with Crippen molar-refractivity contribution < 1.29 is 9.59 Å². The van der Waals surface area contributed by atoms with Crippen LogP contribution >= 0.6 is 11.3 Å². The van der Waals surface area contributed by atoms with Crippen LogP contribution in [0.4, 0.5) is 5.69 Å². The highest BCUT2D eigenvalue weighted by Gasteiger charge is 2.23. The van der Waals surface area contributed by atoms with Crippen molar-refractivity contribution in [3.8, 4) is 10.6 Å². The van der Waals surface area contributed by atoms with Gasteiger partial charge in [0, 0.05) is 35.5 Å². The van der Waals surface area contributed by atoms with E-state index in [1.165, 1.54) is 16.9 Å². The molecule has 6 heteroatoms. The summed E-state index contributed by atoms with van der Waals surface area (Å²) in [6.07, 6.45) is 0.489. The molecule has 2 amide bonds. The molecule has 0 saturated carbocycles. The smallest absolute Gasteiger partial charge is 0.275 e. The van der Waals surface area contributed by atoms with Crippen LogP contribution in [0.5, 0.6) is 0 Å². The molecule has 0 unspecified atom stereocenters. The lowest BCUT2D eigenvalue weighted by molar-refractivity contribution is -0.119. The molecule has 1 atom stereocenters. The van der Waals surface area contributed by atoms with Crippen molar-refractivity contribution in [3.63, 3.8) is 0 Å². The second-order valence-corrected chi connectivity index (χ2v) is 8.00. The number of nitrogens with zero attached hydrogens (tertiary/aromatic N) is 1. The molecule has 0 aliphatic carbocycles. The standard InChI is InChI=1S/C22H21N3O2S/c1-13-6-7-18(14(2)8-13)22-25-19(12-28-22)21(27)24-17-5-3-4-15(9-17)16-10-20(26)23-11-16/h3-9,12,16H,10-11H2,1-2H3,(H,23,26)(H,24,27)/t16-/m1/s1. The van der Waals surface area contributed by atoms with E-state index in [4.69, 9.17) is 0 Å². The zero-order valence-electron chi connectivity index (χ0n) is 15.8. The Morgan fingerprint density at radius 2 is 2.07 bits per heavy atom. The molecule has 1 aliphatic rings. The normalized spacial score (nSPS) is 16.1. The van der Waals surface area contributed by atoms with E-state index in [-0.39, 0.29) is 17.7 Å². The lowest BCUT2D eigenvalue weighted by Crippen LogP contribution is -2.14. The summed E-state index contributed by atoms with van der Waals surface area (Å²) in [7, 11) is 0. The van der Waals surface area contributed by atoms with Crippen LogP contribution in [0.3, 0.4) is 0 Å². The van der Waals surface area contributed by atoms with E-state index in [1.54, 1.807) is 5.38 Å². The highest BCUT2D eigenvalue weighted by Crippen LogP contribution is 2.28. The Balaban J connectivity index is 1.50. The van der Waals surface area contributed by atoms with E-state index in [0.29, 0.717) is 24.3 Å². The maximum atomic E-state index is 12.6. The quantitative estimate of drug-likeness (QED) is 0.697. The number of benzene rings is 2. The monoisotopic (exact) mass is 391 g/mol. The molecule has 0 radical (unpaired) electrons. The molecule has 1 saturated heterocycles. The van der Waals surface area contributed by atoms with Crippen LogP contribution in [0, 0.1) is 13.8 Å². The molecular weight excluding hydrogens is 370 g/mol. The Labute approximate surface area is 167 Å². The second-order valence-electron chi connectivity index (χ2n) is 7.14. The fourth-order valence-electron chi connectivity index (χ4n) is 3.46. The maximum Gasteiger partial charge on any atom is 0.275 e. The molecule has 1 aliphatic heterocycles. The number of rotatable bonds is 4. The Kier molecular flexibility index (Phi) is 4.96. The van der Waals surface area contributed by atoms with Gasteiger partial charge in [0.15, 0.2) is 0 Å². The first-order valence-electron chi connectivity index (χ1n) is 9.21. The Morgan fingerprint density at radius 1 is 1.21 bits per heavy atom. The number of aryl methyl sites for hydroxylation is 2. The molecule has 28 heavy (non-hydrogen) atoms. The Morgan fingerprint density at radius 3 is 2.82 bits per heavy atom. The third kappa shape index (κ3) is 3.82. The fraction of sp³-hybridized carbons (Fsp3) is 0.227. The highest BCUT2D eigenvalue weighted by atomic mass is 32.1. The third-order valence-electron chi connectivity index (χ3n) is 4.94. The summed E-state index contributed by atoms with van der Waals surface area (Å²) in [6.45, 7) is 4.75. The molecule has 5 nitrogen and oxygen atoms in total. The lowest BCUT2D eigenvalue weighted by Gasteiger charge is -2.10. The van der Waals surface area contributed by atoms with Gasteiger partial charge in [-0.1, -0.05) is 35.9 Å². The lowest BCUT2D eigenvalue weighted by atomic mass is 9.98. The topological polar surface area (TPSA) is 71.1 Å². The van der Waals surface area contributed by atoms with Crippen LogP contribution < -0.4 is 10.6 Å². The van der Waals surface area contributed by atoms with Gasteiger partial charge in [0.25, 0.3) is 5.91 Å². The number of hydrogen-bond acceptors (Lipinski definition) is 4.